The number of hydrogen-bond donors (Lipinski definition) is 2. The van der Waals surface area contributed by atoms with Crippen LogP contribution in [0.1, 0.15) is 0 Å². The summed E-state index contributed by atoms with van der Waals surface area (Å²) >= 11 is 0. The van der Waals surface area contributed by atoms with Gasteiger partial charge in [0.1, 0.15) is 0 Å². The number of halogens is 3. The van der Waals surface area contributed by atoms with Crippen molar-refractivity contribution in [2.45, 2.75) is 6.18 Å². The van der Waals surface area contributed by atoms with E-state index in [1.54, 1.807) is 0 Å². The topological polar surface area (TPSA) is 72.5 Å². The summed E-state index contributed by atoms with van der Waals surface area (Å²) in [6, 6.07) is 2.15. The van der Waals surface area contributed by atoms with Gasteiger partial charge in [0.25, 0.3) is 0 Å². The van der Waals surface area contributed by atoms with E-state index in [9.17, 15) is 18.0 Å². The van der Waals surface area contributed by atoms with Crippen molar-refractivity contribution in [2.24, 2.45) is 0 Å². The number of nitrogens with zero attached hydrogens (tertiary/aromatic N) is 1. The largest absolute Gasteiger partial charge is 0.468 e. The molecule has 0 saturated heterocycles. The summed E-state index contributed by atoms with van der Waals surface area (Å²) in [6.07, 6.45) is -3.22. The summed E-state index contributed by atoms with van der Waals surface area (Å²) in [5.74, 6) is -0.173. The molecule has 0 spiro atoms. The minimum atomic E-state index is -4.42. The number of anilines is 1. The third-order valence-electron chi connectivity index (χ3n) is 1.97. The van der Waals surface area contributed by atoms with Crippen molar-refractivity contribution in [1.29, 1.82) is 0 Å². The lowest BCUT2D eigenvalue weighted by Gasteiger charge is -2.09. The Hall–Kier alpha value is -2.03. The number of carbonyl (C=O) groups is 1. The molecule has 2 amide bonds. The van der Waals surface area contributed by atoms with Gasteiger partial charge in [0.15, 0.2) is 6.61 Å². The third-order valence-corrected chi connectivity index (χ3v) is 1.97. The molecule has 0 aromatic carbocycles. The highest BCUT2D eigenvalue weighted by atomic mass is 19.4. The minimum Gasteiger partial charge on any atom is -0.468 e. The highest BCUT2D eigenvalue weighted by molar-refractivity contribution is 5.88. The fourth-order valence-electron chi connectivity index (χ4n) is 1.14. The maximum Gasteiger partial charge on any atom is 0.422 e. The number of nitrogens with one attached hydrogen (secondary N) is 2. The molecule has 0 aliphatic carbocycles. The third kappa shape index (κ3) is 6.78. The number of amides is 2. The maximum absolute atomic E-state index is 11.9. The predicted molar refractivity (Wildman–Crippen MR) is 64.7 cm³/mol. The van der Waals surface area contributed by atoms with Gasteiger partial charge in [-0.25, -0.2) is 9.78 Å². The Kier molecular flexibility index (Phi) is 6.04. The van der Waals surface area contributed by atoms with Gasteiger partial charge in [-0.2, -0.15) is 13.2 Å². The van der Waals surface area contributed by atoms with Gasteiger partial charge in [0.05, 0.1) is 18.5 Å². The van der Waals surface area contributed by atoms with Crippen LogP contribution >= 0.6 is 0 Å². The van der Waals surface area contributed by atoms with Crippen LogP contribution in [0.2, 0.25) is 0 Å². The van der Waals surface area contributed by atoms with Crippen molar-refractivity contribution < 1.29 is 27.4 Å². The zero-order chi connectivity index (χ0) is 15.0. The molecule has 0 fully saturated rings. The van der Waals surface area contributed by atoms with Crippen LogP contribution in [0.5, 0.6) is 5.88 Å². The van der Waals surface area contributed by atoms with Crippen molar-refractivity contribution >= 4 is 11.7 Å². The highest BCUT2D eigenvalue weighted by Gasteiger charge is 2.28. The van der Waals surface area contributed by atoms with Gasteiger partial charge in [-0.05, 0) is 6.07 Å². The smallest absolute Gasteiger partial charge is 0.422 e. The molecule has 9 heteroatoms. The van der Waals surface area contributed by atoms with Crippen molar-refractivity contribution in [3.05, 3.63) is 18.3 Å². The molecule has 0 aliphatic heterocycles. The number of methoxy groups -OCH3 is 1. The van der Waals surface area contributed by atoms with E-state index in [4.69, 9.17) is 4.74 Å². The number of rotatable bonds is 6. The van der Waals surface area contributed by atoms with E-state index < -0.39 is 18.8 Å². The number of ether oxygens (including phenoxy) is 2. The van der Waals surface area contributed by atoms with Crippen LogP contribution in [-0.4, -0.2) is 44.1 Å². The number of alkyl halides is 3. The second kappa shape index (κ2) is 7.53. The average Bonchev–Trinajstić information content (AvgIpc) is 2.37. The van der Waals surface area contributed by atoms with E-state index in [0.29, 0.717) is 18.8 Å². The molecule has 1 heterocycles. The van der Waals surface area contributed by atoms with Gasteiger partial charge in [0, 0.05) is 19.7 Å². The Morgan fingerprint density at radius 1 is 1.40 bits per heavy atom. The first kappa shape index (κ1) is 16.0. The first-order chi connectivity index (χ1) is 9.40. The van der Waals surface area contributed by atoms with Crippen molar-refractivity contribution in [3.8, 4) is 5.88 Å². The molecule has 0 aliphatic rings. The summed E-state index contributed by atoms with van der Waals surface area (Å²) in [5, 5.41) is 4.96. The summed E-state index contributed by atoms with van der Waals surface area (Å²) < 4.78 is 44.9. The Labute approximate surface area is 113 Å². The lowest BCUT2D eigenvalue weighted by Crippen LogP contribution is -2.31. The molecular formula is C11H14F3N3O3. The number of urea groups is 1. The van der Waals surface area contributed by atoms with Crippen LogP contribution < -0.4 is 15.4 Å². The lowest BCUT2D eigenvalue weighted by atomic mass is 10.4. The first-order valence-electron chi connectivity index (χ1n) is 5.60. The average molecular weight is 293 g/mol. The van der Waals surface area contributed by atoms with Gasteiger partial charge in [-0.3, -0.25) is 0 Å². The van der Waals surface area contributed by atoms with Crippen molar-refractivity contribution in [3.63, 3.8) is 0 Å². The van der Waals surface area contributed by atoms with Crippen LogP contribution in [0.25, 0.3) is 0 Å². The number of hydrogen-bond acceptors (Lipinski definition) is 4. The molecule has 0 bridgehead atoms. The van der Waals surface area contributed by atoms with E-state index in [0.717, 1.165) is 0 Å². The highest BCUT2D eigenvalue weighted by Crippen LogP contribution is 2.17. The Balaban J connectivity index is 2.40. The molecule has 1 aromatic heterocycles. The van der Waals surface area contributed by atoms with Crippen LogP contribution in [-0.2, 0) is 4.74 Å². The Morgan fingerprint density at radius 3 is 2.70 bits per heavy atom. The quantitative estimate of drug-likeness (QED) is 0.784. The van der Waals surface area contributed by atoms with E-state index in [2.05, 4.69) is 20.4 Å². The maximum atomic E-state index is 11.9. The second-order valence-electron chi connectivity index (χ2n) is 3.66. The molecular weight excluding hydrogens is 279 g/mol. The summed E-state index contributed by atoms with van der Waals surface area (Å²) in [5.41, 5.74) is 0.333. The molecule has 112 valence electrons. The molecule has 1 rings (SSSR count). The van der Waals surface area contributed by atoms with E-state index in [1.165, 1.54) is 25.4 Å². The fourth-order valence-corrected chi connectivity index (χ4v) is 1.14. The summed E-state index contributed by atoms with van der Waals surface area (Å²) in [4.78, 5) is 15.0. The van der Waals surface area contributed by atoms with Gasteiger partial charge in [0.2, 0.25) is 5.88 Å². The summed E-state index contributed by atoms with van der Waals surface area (Å²) in [6.45, 7) is -0.706. The zero-order valence-corrected chi connectivity index (χ0v) is 10.7. The summed E-state index contributed by atoms with van der Waals surface area (Å²) in [7, 11) is 1.50. The first-order valence-corrected chi connectivity index (χ1v) is 5.60. The van der Waals surface area contributed by atoms with Crippen LogP contribution in [0.3, 0.4) is 0 Å². The monoisotopic (exact) mass is 293 g/mol. The van der Waals surface area contributed by atoms with Crippen LogP contribution in [0.15, 0.2) is 18.3 Å². The second-order valence-corrected chi connectivity index (χ2v) is 3.66. The number of pyridine rings is 1. The molecule has 0 atom stereocenters. The normalized spacial score (nSPS) is 11.0. The molecule has 0 radical (unpaired) electrons. The number of aromatic nitrogens is 1. The zero-order valence-electron chi connectivity index (χ0n) is 10.7. The Bertz CT molecular complexity index is 423. The van der Waals surface area contributed by atoms with Crippen LogP contribution in [0.4, 0.5) is 23.7 Å². The van der Waals surface area contributed by atoms with Crippen molar-refractivity contribution in [1.82, 2.24) is 10.3 Å². The van der Waals surface area contributed by atoms with Crippen LogP contribution in [0, 0.1) is 0 Å². The molecule has 2 N–H and O–H groups in total. The van der Waals surface area contributed by atoms with E-state index in [-0.39, 0.29) is 5.88 Å². The van der Waals surface area contributed by atoms with E-state index >= 15 is 0 Å². The molecule has 20 heavy (non-hydrogen) atoms. The van der Waals surface area contributed by atoms with Gasteiger partial charge in [-0.1, -0.05) is 0 Å². The molecule has 0 unspecified atom stereocenters. The van der Waals surface area contributed by atoms with Crippen molar-refractivity contribution in [2.75, 3.05) is 32.2 Å². The van der Waals surface area contributed by atoms with Gasteiger partial charge < -0.3 is 20.1 Å². The lowest BCUT2D eigenvalue weighted by molar-refractivity contribution is -0.154. The van der Waals surface area contributed by atoms with Gasteiger partial charge in [-0.15, -0.1) is 0 Å². The standard InChI is InChI=1S/C11H14F3N3O3/c1-19-5-4-15-10(18)17-8-2-3-9(16-6-8)20-7-11(12,13)14/h2-3,6H,4-5,7H2,1H3,(H2,15,17,18). The molecule has 1 aromatic rings. The number of carbonyl (C=O) groups excluding carboxylic acids is 1. The molecule has 6 nitrogen and oxygen atoms in total. The van der Waals surface area contributed by atoms with Gasteiger partial charge >= 0.3 is 12.2 Å². The predicted octanol–water partition coefficient (Wildman–Crippen LogP) is 1.79. The molecule has 0 saturated carbocycles. The SMILES string of the molecule is COCCNC(=O)Nc1ccc(OCC(F)(F)F)nc1. The fraction of sp³-hybridized carbons (Fsp3) is 0.455. The minimum absolute atomic E-state index is 0.173. The Morgan fingerprint density at radius 2 is 2.15 bits per heavy atom. The van der Waals surface area contributed by atoms with E-state index in [1.807, 2.05) is 0 Å².